The van der Waals surface area contributed by atoms with E-state index in [1.807, 2.05) is 0 Å². The predicted octanol–water partition coefficient (Wildman–Crippen LogP) is 2.54. The van der Waals surface area contributed by atoms with Crippen molar-refractivity contribution in [3.63, 3.8) is 0 Å². The molecule has 0 aliphatic rings. The van der Waals surface area contributed by atoms with Gasteiger partial charge in [-0.1, -0.05) is 18.2 Å². The fraction of sp³-hybridized carbons (Fsp3) is 0.0714. The summed E-state index contributed by atoms with van der Waals surface area (Å²) in [6.45, 7) is 0. The number of carbonyl (C=O) groups is 1. The van der Waals surface area contributed by atoms with Crippen molar-refractivity contribution in [2.45, 2.75) is 0 Å². The minimum Gasteiger partial charge on any atom is -0.386 e. The fourth-order valence-corrected chi connectivity index (χ4v) is 1.64. The highest BCUT2D eigenvalue weighted by Crippen LogP contribution is 2.21. The molecule has 0 radical (unpaired) electrons. The van der Waals surface area contributed by atoms with Crippen molar-refractivity contribution in [2.75, 3.05) is 5.88 Å². The number of aliphatic imine (C=N–C) groups is 1. The average molecular weight is 274 g/mol. The molecule has 0 atom stereocenters. The molecule has 0 aliphatic heterocycles. The van der Waals surface area contributed by atoms with Crippen molar-refractivity contribution in [3.8, 4) is 0 Å². The predicted molar refractivity (Wildman–Crippen MR) is 76.1 cm³/mol. The molecule has 0 unspecified atom stereocenters. The fourth-order valence-electron chi connectivity index (χ4n) is 1.58. The molecule has 0 amide bonds. The molecule has 0 fully saturated rings. The van der Waals surface area contributed by atoms with E-state index in [1.165, 1.54) is 0 Å². The normalized spacial score (nSPS) is 11.3. The monoisotopic (exact) mass is 273 g/mol. The quantitative estimate of drug-likeness (QED) is 0.403. The highest BCUT2D eigenvalue weighted by atomic mass is 35.5. The van der Waals surface area contributed by atoms with E-state index in [0.717, 1.165) is 0 Å². The van der Waals surface area contributed by atoms with Crippen molar-refractivity contribution >= 4 is 28.9 Å². The summed E-state index contributed by atoms with van der Waals surface area (Å²) in [6, 6.07) is 12.1. The highest BCUT2D eigenvalue weighted by molar-refractivity contribution is 6.28. The lowest BCUT2D eigenvalue weighted by molar-refractivity contribution is 0.103. The number of ketones is 1. The lowest BCUT2D eigenvalue weighted by Gasteiger charge is -2.05. The molecule has 1 heterocycles. The average Bonchev–Trinajstić information content (AvgIpc) is 2.48. The van der Waals surface area contributed by atoms with E-state index in [0.29, 0.717) is 16.9 Å². The topological polar surface area (TPSA) is 68.3 Å². The third-order valence-corrected chi connectivity index (χ3v) is 2.72. The van der Waals surface area contributed by atoms with Crippen molar-refractivity contribution in [1.82, 2.24) is 4.98 Å². The van der Waals surface area contributed by atoms with E-state index in [2.05, 4.69) is 9.98 Å². The van der Waals surface area contributed by atoms with Crippen LogP contribution >= 0.6 is 11.6 Å². The summed E-state index contributed by atoms with van der Waals surface area (Å²) in [6.07, 6.45) is 1.58. The Morgan fingerprint density at radius 1 is 1.21 bits per heavy atom. The molecule has 4 nitrogen and oxygen atoms in total. The number of alkyl halides is 1. The van der Waals surface area contributed by atoms with Crippen LogP contribution in [0.4, 0.5) is 5.69 Å². The number of para-hydroxylation sites is 1. The Kier molecular flexibility index (Phi) is 4.26. The summed E-state index contributed by atoms with van der Waals surface area (Å²) in [4.78, 5) is 20.5. The number of amidine groups is 1. The zero-order valence-corrected chi connectivity index (χ0v) is 10.8. The van der Waals surface area contributed by atoms with Gasteiger partial charge in [0, 0.05) is 11.8 Å². The van der Waals surface area contributed by atoms with Crippen LogP contribution in [0, 0.1) is 0 Å². The van der Waals surface area contributed by atoms with Gasteiger partial charge in [0.1, 0.15) is 11.5 Å². The molecule has 19 heavy (non-hydrogen) atoms. The summed E-state index contributed by atoms with van der Waals surface area (Å²) in [5.41, 5.74) is 6.92. The van der Waals surface area contributed by atoms with Crippen molar-refractivity contribution in [3.05, 3.63) is 59.9 Å². The van der Waals surface area contributed by atoms with Crippen molar-refractivity contribution in [1.29, 1.82) is 0 Å². The second-order valence-electron chi connectivity index (χ2n) is 3.80. The van der Waals surface area contributed by atoms with Crippen LogP contribution in [0.1, 0.15) is 16.1 Å². The van der Waals surface area contributed by atoms with Gasteiger partial charge >= 0.3 is 0 Å². The molecule has 2 N–H and O–H groups in total. The van der Waals surface area contributed by atoms with Crippen molar-refractivity contribution < 1.29 is 4.79 Å². The van der Waals surface area contributed by atoms with Crippen LogP contribution in [0.5, 0.6) is 0 Å². The number of nitrogens with zero attached hydrogens (tertiary/aromatic N) is 2. The number of carbonyl (C=O) groups excluding carboxylic acids is 1. The van der Waals surface area contributed by atoms with Crippen LogP contribution in [0.25, 0.3) is 0 Å². The number of nitrogens with two attached hydrogens (primary N) is 1. The first-order chi connectivity index (χ1) is 9.22. The largest absolute Gasteiger partial charge is 0.386 e. The third-order valence-electron chi connectivity index (χ3n) is 2.45. The lowest BCUT2D eigenvalue weighted by Crippen LogP contribution is -2.13. The Bertz CT molecular complexity index is 611. The summed E-state index contributed by atoms with van der Waals surface area (Å²) in [7, 11) is 0. The van der Waals surface area contributed by atoms with Gasteiger partial charge in [0.15, 0.2) is 0 Å². The second-order valence-corrected chi connectivity index (χ2v) is 4.07. The number of hydrogen-bond donors (Lipinski definition) is 1. The summed E-state index contributed by atoms with van der Waals surface area (Å²) >= 11 is 5.60. The van der Waals surface area contributed by atoms with E-state index >= 15 is 0 Å². The maximum Gasteiger partial charge on any atom is 0.213 e. The van der Waals surface area contributed by atoms with Gasteiger partial charge in [0.25, 0.3) is 0 Å². The molecule has 1 aromatic heterocycles. The summed E-state index contributed by atoms with van der Waals surface area (Å²) in [5, 5.41) is 0. The van der Waals surface area contributed by atoms with Gasteiger partial charge in [-0.2, -0.15) is 0 Å². The molecule has 5 heteroatoms. The first-order valence-electron chi connectivity index (χ1n) is 5.66. The van der Waals surface area contributed by atoms with E-state index in [1.54, 1.807) is 48.7 Å². The van der Waals surface area contributed by atoms with Crippen LogP contribution in [-0.2, 0) is 0 Å². The van der Waals surface area contributed by atoms with E-state index in [4.69, 9.17) is 17.3 Å². The summed E-state index contributed by atoms with van der Waals surface area (Å²) < 4.78 is 0. The summed E-state index contributed by atoms with van der Waals surface area (Å²) in [5.74, 6) is 0.191. The van der Waals surface area contributed by atoms with E-state index in [9.17, 15) is 4.79 Å². The van der Waals surface area contributed by atoms with Crippen LogP contribution < -0.4 is 5.73 Å². The SMILES string of the molecule is NC(CCl)=Nc1ccccc1C(=O)c1ccccn1. The number of aromatic nitrogens is 1. The van der Waals surface area contributed by atoms with Crippen LogP contribution in [0.2, 0.25) is 0 Å². The Morgan fingerprint density at radius 3 is 2.63 bits per heavy atom. The second kappa shape index (κ2) is 6.11. The third kappa shape index (κ3) is 3.17. The Hall–Kier alpha value is -2.20. The molecule has 0 saturated heterocycles. The molecule has 0 aliphatic carbocycles. The van der Waals surface area contributed by atoms with Gasteiger partial charge < -0.3 is 5.73 Å². The van der Waals surface area contributed by atoms with E-state index in [-0.39, 0.29) is 17.5 Å². The van der Waals surface area contributed by atoms with Gasteiger partial charge in [-0.25, -0.2) is 4.99 Å². The van der Waals surface area contributed by atoms with Crippen LogP contribution in [0.15, 0.2) is 53.7 Å². The molecule has 2 rings (SSSR count). The molecule has 1 aromatic carbocycles. The number of halogens is 1. The highest BCUT2D eigenvalue weighted by Gasteiger charge is 2.13. The van der Waals surface area contributed by atoms with Crippen LogP contribution in [0.3, 0.4) is 0 Å². The maximum absolute atomic E-state index is 12.3. The minimum atomic E-state index is -0.192. The molecule has 2 aromatic rings. The molecule has 0 spiro atoms. The smallest absolute Gasteiger partial charge is 0.213 e. The minimum absolute atomic E-state index is 0.117. The van der Waals surface area contributed by atoms with Gasteiger partial charge in [0.2, 0.25) is 5.78 Å². The first kappa shape index (κ1) is 13.2. The zero-order valence-electron chi connectivity index (χ0n) is 10.1. The molecule has 0 saturated carbocycles. The van der Waals surface area contributed by atoms with Gasteiger partial charge in [-0.15, -0.1) is 11.6 Å². The standard InChI is InChI=1S/C14H12ClN3O/c15-9-13(16)18-11-6-2-1-5-10(11)14(19)12-7-3-4-8-17-12/h1-8H,9H2,(H2,16,18). The Balaban J connectivity index is 2.43. The lowest BCUT2D eigenvalue weighted by atomic mass is 10.1. The maximum atomic E-state index is 12.3. The number of benzene rings is 1. The molecule has 96 valence electrons. The Morgan fingerprint density at radius 2 is 1.95 bits per heavy atom. The zero-order chi connectivity index (χ0) is 13.7. The number of rotatable bonds is 4. The van der Waals surface area contributed by atoms with Crippen LogP contribution in [-0.4, -0.2) is 22.5 Å². The number of hydrogen-bond acceptors (Lipinski definition) is 3. The first-order valence-corrected chi connectivity index (χ1v) is 6.19. The Labute approximate surface area is 116 Å². The van der Waals surface area contributed by atoms with Gasteiger partial charge in [-0.3, -0.25) is 9.78 Å². The van der Waals surface area contributed by atoms with Gasteiger partial charge in [-0.05, 0) is 24.3 Å². The van der Waals surface area contributed by atoms with Crippen molar-refractivity contribution in [2.24, 2.45) is 10.7 Å². The molecular weight excluding hydrogens is 262 g/mol. The molecular formula is C14H12ClN3O. The molecule has 0 bridgehead atoms. The van der Waals surface area contributed by atoms with E-state index < -0.39 is 0 Å². The number of pyridine rings is 1. The van der Waals surface area contributed by atoms with Gasteiger partial charge in [0.05, 0.1) is 11.6 Å².